The lowest BCUT2D eigenvalue weighted by Gasteiger charge is -2.35. The fourth-order valence-corrected chi connectivity index (χ4v) is 2.33. The minimum absolute atomic E-state index is 0.134. The summed E-state index contributed by atoms with van der Waals surface area (Å²) in [4.78, 5) is 24.0. The summed E-state index contributed by atoms with van der Waals surface area (Å²) in [6.45, 7) is 2.73. The molecule has 1 heterocycles. The molecule has 1 aliphatic heterocycles. The van der Waals surface area contributed by atoms with Crippen LogP contribution in [0, 0.1) is 5.92 Å². The molecule has 0 amide bonds. The van der Waals surface area contributed by atoms with Crippen molar-refractivity contribution in [2.24, 2.45) is 5.92 Å². The standard InChI is InChI=1S/C15H16F2O5/c1-15(2)21-13(18)11(14(19)22-15)10(12(16)17)8-4-6-9(20-3)7-5-8/h4-7,10-12H,1-3H3. The quantitative estimate of drug-likeness (QED) is 0.631. The van der Waals surface area contributed by atoms with Crippen LogP contribution in [0.2, 0.25) is 0 Å². The van der Waals surface area contributed by atoms with Gasteiger partial charge in [-0.2, -0.15) is 0 Å². The molecule has 0 aliphatic carbocycles. The molecule has 0 spiro atoms. The lowest BCUT2D eigenvalue weighted by molar-refractivity contribution is -0.242. The molecule has 0 radical (unpaired) electrons. The van der Waals surface area contributed by atoms with Gasteiger partial charge in [-0.05, 0) is 17.7 Å². The summed E-state index contributed by atoms with van der Waals surface area (Å²) in [5, 5.41) is 0. The zero-order chi connectivity index (χ0) is 16.5. The highest BCUT2D eigenvalue weighted by atomic mass is 19.3. The van der Waals surface area contributed by atoms with Gasteiger partial charge in [0.05, 0.1) is 13.0 Å². The van der Waals surface area contributed by atoms with Crippen molar-refractivity contribution in [3.05, 3.63) is 29.8 Å². The molecule has 2 rings (SSSR count). The summed E-state index contributed by atoms with van der Waals surface area (Å²) in [6.07, 6.45) is -2.93. The maximum atomic E-state index is 13.4. The number of benzene rings is 1. The number of hydrogen-bond donors (Lipinski definition) is 0. The smallest absolute Gasteiger partial charge is 0.324 e. The molecule has 1 unspecified atom stereocenters. The summed E-state index contributed by atoms with van der Waals surface area (Å²) >= 11 is 0. The van der Waals surface area contributed by atoms with E-state index in [0.717, 1.165) is 0 Å². The van der Waals surface area contributed by atoms with E-state index in [0.29, 0.717) is 5.75 Å². The number of alkyl halides is 2. The van der Waals surface area contributed by atoms with Crippen molar-refractivity contribution in [3.63, 3.8) is 0 Å². The van der Waals surface area contributed by atoms with Crippen molar-refractivity contribution >= 4 is 11.9 Å². The first kappa shape index (κ1) is 16.2. The SMILES string of the molecule is COc1ccc(C(C(F)F)C2C(=O)OC(C)(C)OC2=O)cc1. The number of carbonyl (C=O) groups excluding carboxylic acids is 2. The monoisotopic (exact) mass is 314 g/mol. The van der Waals surface area contributed by atoms with Gasteiger partial charge in [0.1, 0.15) is 5.75 Å². The van der Waals surface area contributed by atoms with E-state index < -0.39 is 36.0 Å². The van der Waals surface area contributed by atoms with Gasteiger partial charge in [0.25, 0.3) is 5.79 Å². The number of halogens is 2. The molecular weight excluding hydrogens is 298 g/mol. The third-order valence-electron chi connectivity index (χ3n) is 3.33. The minimum Gasteiger partial charge on any atom is -0.497 e. The van der Waals surface area contributed by atoms with Crippen LogP contribution in [0.5, 0.6) is 5.75 Å². The molecule has 1 aromatic carbocycles. The Bertz CT molecular complexity index is 548. The second-order valence-electron chi connectivity index (χ2n) is 5.35. The highest BCUT2D eigenvalue weighted by molar-refractivity contribution is 5.97. The van der Waals surface area contributed by atoms with E-state index in [2.05, 4.69) is 0 Å². The maximum Gasteiger partial charge on any atom is 0.324 e. The Labute approximate surface area is 126 Å². The van der Waals surface area contributed by atoms with Gasteiger partial charge < -0.3 is 14.2 Å². The molecule has 1 saturated heterocycles. The summed E-state index contributed by atoms with van der Waals surface area (Å²) in [7, 11) is 1.44. The van der Waals surface area contributed by atoms with E-state index in [9.17, 15) is 18.4 Å². The predicted molar refractivity (Wildman–Crippen MR) is 71.5 cm³/mol. The fraction of sp³-hybridized carbons (Fsp3) is 0.467. The molecule has 22 heavy (non-hydrogen) atoms. The third-order valence-corrected chi connectivity index (χ3v) is 3.33. The van der Waals surface area contributed by atoms with Gasteiger partial charge in [-0.1, -0.05) is 12.1 Å². The van der Waals surface area contributed by atoms with Crippen molar-refractivity contribution < 1.29 is 32.6 Å². The number of cyclic esters (lactones) is 2. The highest BCUT2D eigenvalue weighted by Crippen LogP contribution is 2.37. The molecule has 5 nitrogen and oxygen atoms in total. The number of methoxy groups -OCH3 is 1. The molecule has 0 bridgehead atoms. The zero-order valence-corrected chi connectivity index (χ0v) is 12.3. The number of ether oxygens (including phenoxy) is 3. The average molecular weight is 314 g/mol. The van der Waals surface area contributed by atoms with Gasteiger partial charge in [0.15, 0.2) is 5.92 Å². The second-order valence-corrected chi connectivity index (χ2v) is 5.35. The highest BCUT2D eigenvalue weighted by Gasteiger charge is 2.50. The number of hydrogen-bond acceptors (Lipinski definition) is 5. The summed E-state index contributed by atoms with van der Waals surface area (Å²) in [5.41, 5.74) is 0.134. The minimum atomic E-state index is -2.93. The van der Waals surface area contributed by atoms with Gasteiger partial charge in [0.2, 0.25) is 6.43 Å². The molecule has 0 aromatic heterocycles. The summed E-state index contributed by atoms with van der Waals surface area (Å²) in [6, 6.07) is 5.73. The van der Waals surface area contributed by atoms with Crippen molar-refractivity contribution in [1.29, 1.82) is 0 Å². The Morgan fingerprint density at radius 3 is 2.00 bits per heavy atom. The van der Waals surface area contributed by atoms with Gasteiger partial charge >= 0.3 is 11.9 Å². The van der Waals surface area contributed by atoms with Crippen molar-refractivity contribution in [2.45, 2.75) is 32.0 Å². The molecular formula is C15H16F2O5. The second kappa shape index (κ2) is 5.90. The lowest BCUT2D eigenvalue weighted by Crippen LogP contribution is -2.49. The molecule has 0 saturated carbocycles. The Kier molecular flexibility index (Phi) is 4.35. The first-order valence-electron chi connectivity index (χ1n) is 6.63. The molecule has 120 valence electrons. The molecule has 0 N–H and O–H groups in total. The van der Waals surface area contributed by atoms with Crippen molar-refractivity contribution in [3.8, 4) is 5.75 Å². The molecule has 1 aromatic rings. The maximum absolute atomic E-state index is 13.4. The van der Waals surface area contributed by atoms with E-state index in [1.807, 2.05) is 0 Å². The van der Waals surface area contributed by atoms with E-state index in [1.54, 1.807) is 0 Å². The molecule has 1 aliphatic rings. The first-order valence-corrected chi connectivity index (χ1v) is 6.63. The zero-order valence-electron chi connectivity index (χ0n) is 12.3. The van der Waals surface area contributed by atoms with Gasteiger partial charge in [-0.3, -0.25) is 9.59 Å². The van der Waals surface area contributed by atoms with Crippen molar-refractivity contribution in [1.82, 2.24) is 0 Å². The largest absolute Gasteiger partial charge is 0.497 e. The Morgan fingerprint density at radius 1 is 1.09 bits per heavy atom. The van der Waals surface area contributed by atoms with Crippen LogP contribution in [-0.2, 0) is 19.1 Å². The third kappa shape index (κ3) is 3.18. The molecule has 1 fully saturated rings. The summed E-state index contributed by atoms with van der Waals surface area (Å²) in [5.74, 6) is -6.32. The number of carbonyl (C=O) groups is 2. The average Bonchev–Trinajstić information content (AvgIpc) is 2.41. The van der Waals surface area contributed by atoms with Gasteiger partial charge in [-0.15, -0.1) is 0 Å². The topological polar surface area (TPSA) is 61.8 Å². The number of rotatable bonds is 4. The van der Waals surface area contributed by atoms with Crippen LogP contribution in [0.25, 0.3) is 0 Å². The van der Waals surface area contributed by atoms with E-state index in [-0.39, 0.29) is 5.56 Å². The van der Waals surface area contributed by atoms with Crippen LogP contribution < -0.4 is 4.74 Å². The Balaban J connectivity index is 2.35. The fourth-order valence-electron chi connectivity index (χ4n) is 2.33. The van der Waals surface area contributed by atoms with E-state index in [4.69, 9.17) is 14.2 Å². The van der Waals surface area contributed by atoms with Gasteiger partial charge in [0, 0.05) is 13.8 Å². The predicted octanol–water partition coefficient (Wildman–Crippen LogP) is 2.50. The number of esters is 2. The van der Waals surface area contributed by atoms with Crippen LogP contribution in [-0.4, -0.2) is 31.3 Å². The van der Waals surface area contributed by atoms with Crippen LogP contribution in [0.15, 0.2) is 24.3 Å². The molecule has 1 atom stereocenters. The van der Waals surface area contributed by atoms with Crippen LogP contribution in [0.1, 0.15) is 25.3 Å². The van der Waals surface area contributed by atoms with Crippen LogP contribution in [0.3, 0.4) is 0 Å². The van der Waals surface area contributed by atoms with Gasteiger partial charge in [-0.25, -0.2) is 8.78 Å². The lowest BCUT2D eigenvalue weighted by atomic mass is 9.85. The van der Waals surface area contributed by atoms with Crippen LogP contribution in [0.4, 0.5) is 8.78 Å². The Morgan fingerprint density at radius 2 is 1.59 bits per heavy atom. The summed E-state index contributed by atoms with van der Waals surface area (Å²) < 4.78 is 41.7. The van der Waals surface area contributed by atoms with E-state index in [1.165, 1.54) is 45.2 Å². The molecule has 7 heteroatoms. The normalized spacial score (nSPS) is 19.5. The van der Waals surface area contributed by atoms with Crippen LogP contribution >= 0.6 is 0 Å². The van der Waals surface area contributed by atoms with E-state index >= 15 is 0 Å². The van der Waals surface area contributed by atoms with Crippen molar-refractivity contribution in [2.75, 3.05) is 7.11 Å². The Hall–Kier alpha value is -2.18. The first-order chi connectivity index (χ1) is 10.2.